The summed E-state index contributed by atoms with van der Waals surface area (Å²) in [4.78, 5) is 18.4. The highest BCUT2D eigenvalue weighted by molar-refractivity contribution is 5.85. The first-order valence-corrected chi connectivity index (χ1v) is 7.17. The number of rotatable bonds is 3. The molecule has 5 nitrogen and oxygen atoms in total. The molecule has 1 fully saturated rings. The molecule has 1 aliphatic rings. The van der Waals surface area contributed by atoms with Gasteiger partial charge in [-0.3, -0.25) is 4.79 Å². The molecule has 1 unspecified atom stereocenters. The summed E-state index contributed by atoms with van der Waals surface area (Å²) in [7, 11) is 0. The Bertz CT molecular complexity index is 616. The maximum atomic E-state index is 12.2. The monoisotopic (exact) mass is 344 g/mol. The SMILES string of the molecule is Cl.Cl.NC1CCCN(C(=O)CCn2cnc3ccccc32)C1. The quantitative estimate of drug-likeness (QED) is 0.928. The molecule has 0 aliphatic carbocycles. The molecule has 22 heavy (non-hydrogen) atoms. The van der Waals surface area contributed by atoms with Crippen molar-refractivity contribution in [3.8, 4) is 0 Å². The Morgan fingerprint density at radius 1 is 1.32 bits per heavy atom. The highest BCUT2D eigenvalue weighted by atomic mass is 35.5. The molecular weight excluding hydrogens is 323 g/mol. The molecular formula is C15H22Cl2N4O. The maximum absolute atomic E-state index is 12.2. The minimum Gasteiger partial charge on any atom is -0.341 e. The summed E-state index contributed by atoms with van der Waals surface area (Å²) in [6.45, 7) is 2.21. The Kier molecular flexibility index (Phi) is 7.13. The van der Waals surface area contributed by atoms with Crippen LogP contribution in [0.25, 0.3) is 11.0 Å². The Labute approximate surface area is 142 Å². The minimum absolute atomic E-state index is 0. The third kappa shape index (κ3) is 4.12. The summed E-state index contributed by atoms with van der Waals surface area (Å²) in [5.41, 5.74) is 7.97. The topological polar surface area (TPSA) is 64.2 Å². The van der Waals surface area contributed by atoms with Crippen LogP contribution in [0, 0.1) is 0 Å². The number of benzene rings is 1. The van der Waals surface area contributed by atoms with Crippen LogP contribution >= 0.6 is 24.8 Å². The van der Waals surface area contributed by atoms with Crippen LogP contribution in [-0.2, 0) is 11.3 Å². The molecule has 1 aliphatic heterocycles. The van der Waals surface area contributed by atoms with Crippen molar-refractivity contribution in [1.29, 1.82) is 0 Å². The highest BCUT2D eigenvalue weighted by Gasteiger charge is 2.20. The number of nitrogens with two attached hydrogens (primary N) is 1. The zero-order valence-corrected chi connectivity index (χ0v) is 14.0. The van der Waals surface area contributed by atoms with E-state index in [0.29, 0.717) is 19.5 Å². The van der Waals surface area contributed by atoms with Crippen LogP contribution in [0.5, 0.6) is 0 Å². The number of piperidine rings is 1. The van der Waals surface area contributed by atoms with Crippen molar-refractivity contribution in [3.05, 3.63) is 30.6 Å². The molecule has 3 rings (SSSR count). The lowest BCUT2D eigenvalue weighted by atomic mass is 10.1. The van der Waals surface area contributed by atoms with Crippen LogP contribution in [0.15, 0.2) is 30.6 Å². The predicted molar refractivity (Wildman–Crippen MR) is 92.6 cm³/mol. The maximum Gasteiger partial charge on any atom is 0.224 e. The van der Waals surface area contributed by atoms with Gasteiger partial charge in [0.15, 0.2) is 0 Å². The van der Waals surface area contributed by atoms with Gasteiger partial charge in [-0.05, 0) is 25.0 Å². The van der Waals surface area contributed by atoms with E-state index in [9.17, 15) is 4.79 Å². The molecule has 0 bridgehead atoms. The zero-order valence-electron chi connectivity index (χ0n) is 12.4. The van der Waals surface area contributed by atoms with Crippen LogP contribution in [0.3, 0.4) is 0 Å². The summed E-state index contributed by atoms with van der Waals surface area (Å²) in [5, 5.41) is 0. The average Bonchev–Trinajstić information content (AvgIpc) is 2.88. The largest absolute Gasteiger partial charge is 0.341 e. The van der Waals surface area contributed by atoms with Crippen molar-refractivity contribution in [3.63, 3.8) is 0 Å². The number of fused-ring (bicyclic) bond motifs is 1. The third-order valence-corrected chi connectivity index (χ3v) is 3.90. The van der Waals surface area contributed by atoms with Crippen molar-refractivity contribution >= 4 is 41.8 Å². The summed E-state index contributed by atoms with van der Waals surface area (Å²) in [6.07, 6.45) is 4.35. The smallest absolute Gasteiger partial charge is 0.224 e. The number of hydrogen-bond acceptors (Lipinski definition) is 3. The van der Waals surface area contributed by atoms with Crippen LogP contribution in [0.2, 0.25) is 0 Å². The summed E-state index contributed by atoms with van der Waals surface area (Å²) >= 11 is 0. The van der Waals surface area contributed by atoms with E-state index in [-0.39, 0.29) is 36.8 Å². The number of amides is 1. The number of para-hydroxylation sites is 2. The molecule has 1 saturated heterocycles. The number of nitrogens with zero attached hydrogens (tertiary/aromatic N) is 3. The van der Waals surface area contributed by atoms with Crippen LogP contribution in [-0.4, -0.2) is 39.5 Å². The van der Waals surface area contributed by atoms with E-state index in [1.807, 2.05) is 33.7 Å². The second kappa shape index (κ2) is 8.36. The Balaban J connectivity index is 0.00000121. The van der Waals surface area contributed by atoms with Gasteiger partial charge in [0.05, 0.1) is 17.4 Å². The van der Waals surface area contributed by atoms with Gasteiger partial charge in [0.25, 0.3) is 0 Å². The van der Waals surface area contributed by atoms with Crippen LogP contribution in [0.1, 0.15) is 19.3 Å². The number of imidazole rings is 1. The molecule has 0 saturated carbocycles. The molecule has 1 aromatic carbocycles. The normalized spacial score (nSPS) is 17.7. The molecule has 0 spiro atoms. The predicted octanol–water partition coefficient (Wildman–Crippen LogP) is 2.22. The van der Waals surface area contributed by atoms with Gasteiger partial charge in [0, 0.05) is 32.1 Å². The molecule has 2 N–H and O–H groups in total. The fourth-order valence-corrected chi connectivity index (χ4v) is 2.80. The number of carbonyl (C=O) groups excluding carboxylic acids is 1. The van der Waals surface area contributed by atoms with Crippen molar-refractivity contribution < 1.29 is 4.79 Å². The molecule has 1 aromatic heterocycles. The molecule has 122 valence electrons. The van der Waals surface area contributed by atoms with Crippen molar-refractivity contribution in [2.24, 2.45) is 5.73 Å². The lowest BCUT2D eigenvalue weighted by molar-refractivity contribution is -0.132. The van der Waals surface area contributed by atoms with E-state index in [1.54, 1.807) is 6.33 Å². The van der Waals surface area contributed by atoms with Gasteiger partial charge in [0.1, 0.15) is 0 Å². The molecule has 2 aromatic rings. The molecule has 0 radical (unpaired) electrons. The Hall–Kier alpha value is -1.30. The number of likely N-dealkylation sites (tertiary alicyclic amines) is 1. The second-order valence-corrected chi connectivity index (χ2v) is 5.42. The molecule has 7 heteroatoms. The fraction of sp³-hybridized carbons (Fsp3) is 0.467. The average molecular weight is 345 g/mol. The Morgan fingerprint density at radius 2 is 2.09 bits per heavy atom. The Morgan fingerprint density at radius 3 is 2.86 bits per heavy atom. The van der Waals surface area contributed by atoms with E-state index >= 15 is 0 Å². The van der Waals surface area contributed by atoms with Gasteiger partial charge >= 0.3 is 0 Å². The minimum atomic E-state index is 0. The zero-order chi connectivity index (χ0) is 13.9. The second-order valence-electron chi connectivity index (χ2n) is 5.42. The number of hydrogen-bond donors (Lipinski definition) is 1. The van der Waals surface area contributed by atoms with E-state index < -0.39 is 0 Å². The van der Waals surface area contributed by atoms with Crippen molar-refractivity contribution in [1.82, 2.24) is 14.5 Å². The first kappa shape index (κ1) is 18.7. The first-order valence-electron chi connectivity index (χ1n) is 7.17. The fourth-order valence-electron chi connectivity index (χ4n) is 2.80. The number of aromatic nitrogens is 2. The van der Waals surface area contributed by atoms with Gasteiger partial charge < -0.3 is 15.2 Å². The summed E-state index contributed by atoms with van der Waals surface area (Å²) < 4.78 is 2.04. The van der Waals surface area contributed by atoms with E-state index in [0.717, 1.165) is 30.4 Å². The van der Waals surface area contributed by atoms with Gasteiger partial charge in [-0.15, -0.1) is 24.8 Å². The van der Waals surface area contributed by atoms with Crippen LogP contribution < -0.4 is 5.73 Å². The van der Waals surface area contributed by atoms with Gasteiger partial charge in [-0.2, -0.15) is 0 Å². The number of carbonyl (C=O) groups is 1. The van der Waals surface area contributed by atoms with Gasteiger partial charge in [0.2, 0.25) is 5.91 Å². The third-order valence-electron chi connectivity index (χ3n) is 3.90. The van der Waals surface area contributed by atoms with Crippen molar-refractivity contribution in [2.75, 3.05) is 13.1 Å². The molecule has 2 heterocycles. The molecule has 1 atom stereocenters. The van der Waals surface area contributed by atoms with E-state index in [2.05, 4.69) is 4.98 Å². The first-order chi connectivity index (χ1) is 9.74. The van der Waals surface area contributed by atoms with Gasteiger partial charge in [-0.1, -0.05) is 12.1 Å². The van der Waals surface area contributed by atoms with Crippen molar-refractivity contribution in [2.45, 2.75) is 31.8 Å². The summed E-state index contributed by atoms with van der Waals surface area (Å²) in [6, 6.07) is 8.12. The number of aryl methyl sites for hydroxylation is 1. The summed E-state index contributed by atoms with van der Waals surface area (Å²) in [5.74, 6) is 0.193. The van der Waals surface area contributed by atoms with Gasteiger partial charge in [-0.25, -0.2) is 4.98 Å². The molecule has 1 amide bonds. The standard InChI is InChI=1S/C15H20N4O.2ClH/c16-12-4-3-8-18(10-12)15(20)7-9-19-11-17-13-5-1-2-6-14(13)19;;/h1-2,5-6,11-12H,3-4,7-10,16H2;2*1H. The highest BCUT2D eigenvalue weighted by Crippen LogP contribution is 2.14. The van der Waals surface area contributed by atoms with E-state index in [1.165, 1.54) is 0 Å². The number of halogens is 2. The van der Waals surface area contributed by atoms with Crippen LogP contribution in [0.4, 0.5) is 0 Å². The lowest BCUT2D eigenvalue weighted by Gasteiger charge is -2.30. The lowest BCUT2D eigenvalue weighted by Crippen LogP contribution is -2.45. The van der Waals surface area contributed by atoms with E-state index in [4.69, 9.17) is 5.73 Å².